The van der Waals surface area contributed by atoms with E-state index in [2.05, 4.69) is 41.4 Å². The highest BCUT2D eigenvalue weighted by Crippen LogP contribution is 2.28. The summed E-state index contributed by atoms with van der Waals surface area (Å²) in [6.07, 6.45) is 1.000. The third-order valence-electron chi connectivity index (χ3n) is 4.12. The van der Waals surface area contributed by atoms with Crippen LogP contribution in [0.4, 0.5) is 0 Å². The van der Waals surface area contributed by atoms with Crippen LogP contribution in [0.5, 0.6) is 5.75 Å². The zero-order chi connectivity index (χ0) is 14.9. The zero-order valence-corrected chi connectivity index (χ0v) is 12.6. The Morgan fingerprint density at radius 1 is 1.09 bits per heavy atom. The largest absolute Gasteiger partial charge is 0.494 e. The number of hydrogen-bond donors (Lipinski definition) is 1. The van der Waals surface area contributed by atoms with E-state index in [1.807, 2.05) is 19.1 Å². The number of para-hydroxylation sites is 1. The molecule has 0 amide bonds. The van der Waals surface area contributed by atoms with Crippen LogP contribution in [0.3, 0.4) is 0 Å². The molecule has 0 atom stereocenters. The monoisotopic (exact) mass is 290 g/mol. The normalized spacial score (nSPS) is 13.8. The van der Waals surface area contributed by atoms with Crippen LogP contribution in [0.25, 0.3) is 10.9 Å². The molecule has 1 N–H and O–H groups in total. The second-order valence-electron chi connectivity index (χ2n) is 5.46. The maximum atomic E-state index is 5.52. The van der Waals surface area contributed by atoms with Gasteiger partial charge in [0.05, 0.1) is 18.0 Å². The molecular weight excluding hydrogens is 272 g/mol. The first-order valence-electron chi connectivity index (χ1n) is 7.74. The second-order valence-corrected chi connectivity index (χ2v) is 5.46. The molecule has 0 aliphatic carbocycles. The molecule has 3 nitrogen and oxygen atoms in total. The van der Waals surface area contributed by atoms with Gasteiger partial charge in [-0.2, -0.15) is 0 Å². The van der Waals surface area contributed by atoms with Crippen LogP contribution in [-0.4, -0.2) is 23.8 Å². The van der Waals surface area contributed by atoms with E-state index in [0.29, 0.717) is 6.61 Å². The van der Waals surface area contributed by atoms with Gasteiger partial charge >= 0.3 is 0 Å². The van der Waals surface area contributed by atoms with Gasteiger partial charge in [-0.15, -0.1) is 0 Å². The minimum absolute atomic E-state index is 0.687. The zero-order valence-electron chi connectivity index (χ0n) is 12.6. The molecule has 22 heavy (non-hydrogen) atoms. The van der Waals surface area contributed by atoms with E-state index in [-0.39, 0.29) is 0 Å². The summed E-state index contributed by atoms with van der Waals surface area (Å²) in [6, 6.07) is 16.7. The molecule has 110 valence electrons. The predicted molar refractivity (Wildman–Crippen MR) is 90.1 cm³/mol. The fraction of sp³-hybridized carbons (Fsp3) is 0.211. The Balaban J connectivity index is 1.79. The summed E-state index contributed by atoms with van der Waals surface area (Å²) in [6.45, 7) is 3.53. The van der Waals surface area contributed by atoms with Gasteiger partial charge in [0.15, 0.2) is 0 Å². The Morgan fingerprint density at radius 2 is 1.91 bits per heavy atom. The van der Waals surface area contributed by atoms with Crippen molar-refractivity contribution < 1.29 is 4.74 Å². The number of H-pyrrole nitrogens is 1. The third-order valence-corrected chi connectivity index (χ3v) is 4.12. The summed E-state index contributed by atoms with van der Waals surface area (Å²) in [5.41, 5.74) is 5.93. The summed E-state index contributed by atoms with van der Waals surface area (Å²) in [4.78, 5) is 8.30. The average molecular weight is 290 g/mol. The molecule has 2 heterocycles. The van der Waals surface area contributed by atoms with Crippen molar-refractivity contribution in [2.45, 2.75) is 13.3 Å². The van der Waals surface area contributed by atoms with E-state index in [4.69, 9.17) is 9.73 Å². The molecule has 1 aliphatic heterocycles. The second kappa shape index (κ2) is 5.34. The summed E-state index contributed by atoms with van der Waals surface area (Å²) in [5, 5.41) is 1.32. The first-order valence-corrected chi connectivity index (χ1v) is 7.74. The van der Waals surface area contributed by atoms with E-state index in [1.54, 1.807) is 0 Å². The van der Waals surface area contributed by atoms with Crippen molar-refractivity contribution in [3.63, 3.8) is 0 Å². The van der Waals surface area contributed by atoms with Gasteiger partial charge < -0.3 is 9.72 Å². The van der Waals surface area contributed by atoms with E-state index >= 15 is 0 Å². The lowest BCUT2D eigenvalue weighted by atomic mass is 9.98. The van der Waals surface area contributed by atoms with E-state index in [9.17, 15) is 0 Å². The highest BCUT2D eigenvalue weighted by Gasteiger charge is 2.20. The number of nitrogens with one attached hydrogen (secondary N) is 1. The van der Waals surface area contributed by atoms with Crippen LogP contribution in [0.1, 0.15) is 23.7 Å². The summed E-state index contributed by atoms with van der Waals surface area (Å²) in [7, 11) is 0. The van der Waals surface area contributed by atoms with E-state index < -0.39 is 0 Å². The summed E-state index contributed by atoms with van der Waals surface area (Å²) >= 11 is 0. The van der Waals surface area contributed by atoms with Gasteiger partial charge in [0.2, 0.25) is 0 Å². The molecule has 3 heteroatoms. The topological polar surface area (TPSA) is 37.4 Å². The number of aromatic amines is 1. The highest BCUT2D eigenvalue weighted by atomic mass is 16.5. The number of fused-ring (bicyclic) bond motifs is 3. The van der Waals surface area contributed by atoms with Crippen molar-refractivity contribution in [1.29, 1.82) is 0 Å². The third kappa shape index (κ3) is 2.10. The Kier molecular flexibility index (Phi) is 3.19. The maximum Gasteiger partial charge on any atom is 0.119 e. The molecule has 4 rings (SSSR count). The average Bonchev–Trinajstić information content (AvgIpc) is 2.95. The number of ether oxygens (including phenoxy) is 1. The molecular formula is C19H18N2O. The first-order chi connectivity index (χ1) is 10.9. The summed E-state index contributed by atoms with van der Waals surface area (Å²) < 4.78 is 5.52. The Hall–Kier alpha value is -2.55. The minimum Gasteiger partial charge on any atom is -0.494 e. The Morgan fingerprint density at radius 3 is 2.73 bits per heavy atom. The molecule has 0 radical (unpaired) electrons. The lowest BCUT2D eigenvalue weighted by Crippen LogP contribution is -2.13. The van der Waals surface area contributed by atoms with Crippen molar-refractivity contribution in [2.75, 3.05) is 13.2 Å². The van der Waals surface area contributed by atoms with Gasteiger partial charge in [0.1, 0.15) is 5.75 Å². The Bertz CT molecular complexity index is 844. The van der Waals surface area contributed by atoms with Gasteiger partial charge in [-0.25, -0.2) is 0 Å². The van der Waals surface area contributed by atoms with E-state index in [1.165, 1.54) is 16.5 Å². The van der Waals surface area contributed by atoms with Crippen molar-refractivity contribution in [3.05, 3.63) is 65.4 Å². The van der Waals surface area contributed by atoms with Crippen molar-refractivity contribution in [2.24, 2.45) is 4.99 Å². The number of benzene rings is 2. The number of aliphatic imine (C=N–C) groups is 1. The minimum atomic E-state index is 0.687. The smallest absolute Gasteiger partial charge is 0.119 e. The number of hydrogen-bond acceptors (Lipinski definition) is 2. The molecule has 2 aromatic carbocycles. The predicted octanol–water partition coefficient (Wildman–Crippen LogP) is 3.96. The summed E-state index contributed by atoms with van der Waals surface area (Å²) in [5.74, 6) is 0.902. The fourth-order valence-electron chi connectivity index (χ4n) is 3.13. The van der Waals surface area contributed by atoms with Gasteiger partial charge in [-0.3, -0.25) is 4.99 Å². The van der Waals surface area contributed by atoms with Crippen LogP contribution < -0.4 is 4.74 Å². The fourth-order valence-corrected chi connectivity index (χ4v) is 3.13. The SMILES string of the molecule is CCOc1ccc(C2=NCCc3c2[nH]c2ccccc32)cc1. The standard InChI is InChI=1S/C19H18N2O/c1-2-22-14-9-7-13(8-10-14)18-19-16(11-12-20-18)15-5-3-4-6-17(15)21-19/h3-10,21H,2,11-12H2,1H3. The van der Waals surface area contributed by atoms with Gasteiger partial charge in [-0.1, -0.05) is 18.2 Å². The van der Waals surface area contributed by atoms with Gasteiger partial charge in [-0.05, 0) is 49.2 Å². The van der Waals surface area contributed by atoms with Gasteiger partial charge in [0.25, 0.3) is 0 Å². The van der Waals surface area contributed by atoms with Crippen molar-refractivity contribution in [1.82, 2.24) is 4.98 Å². The number of rotatable bonds is 3. The maximum absolute atomic E-state index is 5.52. The Labute approximate surface area is 129 Å². The molecule has 3 aromatic rings. The van der Waals surface area contributed by atoms with Gasteiger partial charge in [0, 0.05) is 23.0 Å². The quantitative estimate of drug-likeness (QED) is 0.779. The molecule has 1 aromatic heterocycles. The van der Waals surface area contributed by atoms with Crippen LogP contribution in [0.15, 0.2) is 53.5 Å². The molecule has 0 spiro atoms. The van der Waals surface area contributed by atoms with E-state index in [0.717, 1.165) is 35.7 Å². The first kappa shape index (κ1) is 13.1. The molecule has 0 saturated carbocycles. The number of nitrogens with zero attached hydrogens (tertiary/aromatic N) is 1. The highest BCUT2D eigenvalue weighted by molar-refractivity contribution is 6.15. The molecule has 0 fully saturated rings. The van der Waals surface area contributed by atoms with Crippen molar-refractivity contribution >= 4 is 16.6 Å². The van der Waals surface area contributed by atoms with Crippen LogP contribution in [0.2, 0.25) is 0 Å². The molecule has 0 unspecified atom stereocenters. The molecule has 0 bridgehead atoms. The van der Waals surface area contributed by atoms with Crippen LogP contribution in [0, 0.1) is 0 Å². The molecule has 1 aliphatic rings. The molecule has 0 saturated heterocycles. The van der Waals surface area contributed by atoms with Crippen LogP contribution in [-0.2, 0) is 6.42 Å². The number of aromatic nitrogens is 1. The lowest BCUT2D eigenvalue weighted by molar-refractivity contribution is 0.340. The van der Waals surface area contributed by atoms with Crippen LogP contribution >= 0.6 is 0 Å². The van der Waals surface area contributed by atoms with Crippen molar-refractivity contribution in [3.8, 4) is 5.75 Å². The lowest BCUT2D eigenvalue weighted by Gasteiger charge is -2.14.